The van der Waals surface area contributed by atoms with Crippen LogP contribution in [0.25, 0.3) is 0 Å². The summed E-state index contributed by atoms with van der Waals surface area (Å²) < 4.78 is 5.80. The summed E-state index contributed by atoms with van der Waals surface area (Å²) in [7, 11) is 0. The Morgan fingerprint density at radius 1 is 0.917 bits per heavy atom. The first-order chi connectivity index (χ1) is 11.8. The molecule has 24 heavy (non-hydrogen) atoms. The lowest BCUT2D eigenvalue weighted by Crippen LogP contribution is -2.14. The maximum Gasteiger partial charge on any atom is 0.119 e. The van der Waals surface area contributed by atoms with E-state index in [0.29, 0.717) is 6.61 Å². The van der Waals surface area contributed by atoms with Crippen LogP contribution in [0.1, 0.15) is 50.2 Å². The Bertz CT molecular complexity index is 583. The molecular formula is C21H28ClNO. The van der Waals surface area contributed by atoms with Crippen molar-refractivity contribution < 1.29 is 4.74 Å². The highest BCUT2D eigenvalue weighted by Gasteiger charge is 1.98. The highest BCUT2D eigenvalue weighted by Crippen LogP contribution is 2.16. The molecule has 0 saturated carbocycles. The minimum atomic E-state index is 0.538. The molecule has 1 N–H and O–H groups in total. The van der Waals surface area contributed by atoms with E-state index in [1.807, 2.05) is 36.4 Å². The van der Waals surface area contributed by atoms with Gasteiger partial charge in [-0.15, -0.1) is 0 Å². The molecule has 0 fully saturated rings. The van der Waals surface area contributed by atoms with Crippen molar-refractivity contribution in [3.05, 3.63) is 64.7 Å². The molecule has 2 aromatic rings. The number of halogens is 1. The molecule has 0 spiro atoms. The maximum atomic E-state index is 5.98. The van der Waals surface area contributed by atoms with Crippen LogP contribution in [-0.2, 0) is 13.2 Å². The fourth-order valence-corrected chi connectivity index (χ4v) is 2.80. The number of nitrogens with one attached hydrogen (secondary N) is 1. The molecular weight excluding hydrogens is 318 g/mol. The van der Waals surface area contributed by atoms with Crippen LogP contribution in [0.5, 0.6) is 5.75 Å². The standard InChI is InChI=1S/C21H28ClNO/c1-2-3-4-5-6-14-23-16-18-10-12-21(13-11-18)24-17-19-8-7-9-20(22)15-19/h7-13,15,23H,2-6,14,16-17H2,1H3. The summed E-state index contributed by atoms with van der Waals surface area (Å²) in [6.07, 6.45) is 6.62. The topological polar surface area (TPSA) is 21.3 Å². The van der Waals surface area contributed by atoms with Crippen LogP contribution in [0.3, 0.4) is 0 Å². The van der Waals surface area contributed by atoms with Gasteiger partial charge in [0.1, 0.15) is 12.4 Å². The number of hydrogen-bond donors (Lipinski definition) is 1. The zero-order valence-electron chi connectivity index (χ0n) is 14.6. The molecule has 0 amide bonds. The lowest BCUT2D eigenvalue weighted by Gasteiger charge is -2.08. The van der Waals surface area contributed by atoms with Crippen LogP contribution in [0.2, 0.25) is 5.02 Å². The van der Waals surface area contributed by atoms with E-state index in [1.165, 1.54) is 37.7 Å². The average Bonchev–Trinajstić information content (AvgIpc) is 2.60. The summed E-state index contributed by atoms with van der Waals surface area (Å²) in [4.78, 5) is 0. The molecule has 2 rings (SSSR count). The first kappa shape index (κ1) is 18.8. The second-order valence-electron chi connectivity index (χ2n) is 6.15. The summed E-state index contributed by atoms with van der Waals surface area (Å²) in [5.74, 6) is 0.887. The van der Waals surface area contributed by atoms with Gasteiger partial charge in [-0.2, -0.15) is 0 Å². The molecule has 0 radical (unpaired) electrons. The van der Waals surface area contributed by atoms with E-state index in [1.54, 1.807) is 0 Å². The van der Waals surface area contributed by atoms with E-state index < -0.39 is 0 Å². The van der Waals surface area contributed by atoms with Gasteiger partial charge in [0.15, 0.2) is 0 Å². The molecule has 3 heteroatoms. The van der Waals surface area contributed by atoms with Crippen LogP contribution in [-0.4, -0.2) is 6.54 Å². The van der Waals surface area contributed by atoms with E-state index in [-0.39, 0.29) is 0 Å². The Hall–Kier alpha value is -1.51. The smallest absolute Gasteiger partial charge is 0.119 e. The normalized spacial score (nSPS) is 10.8. The summed E-state index contributed by atoms with van der Waals surface area (Å²) in [5.41, 5.74) is 2.37. The minimum absolute atomic E-state index is 0.538. The largest absolute Gasteiger partial charge is 0.489 e. The molecule has 0 atom stereocenters. The molecule has 0 unspecified atom stereocenters. The zero-order valence-corrected chi connectivity index (χ0v) is 15.3. The van der Waals surface area contributed by atoms with Crippen molar-refractivity contribution in [3.63, 3.8) is 0 Å². The molecule has 0 aromatic heterocycles. The fourth-order valence-electron chi connectivity index (χ4n) is 2.58. The summed E-state index contributed by atoms with van der Waals surface area (Å²) in [6.45, 7) is 4.80. The third-order valence-corrected chi connectivity index (χ3v) is 4.24. The first-order valence-electron chi connectivity index (χ1n) is 8.95. The Kier molecular flexibility index (Phi) is 8.72. The number of unbranched alkanes of at least 4 members (excludes halogenated alkanes) is 4. The van der Waals surface area contributed by atoms with Gasteiger partial charge in [-0.1, -0.05) is 68.5 Å². The van der Waals surface area contributed by atoms with Gasteiger partial charge >= 0.3 is 0 Å². The predicted molar refractivity (Wildman–Crippen MR) is 103 cm³/mol. The zero-order chi connectivity index (χ0) is 17.0. The van der Waals surface area contributed by atoms with Crippen molar-refractivity contribution in [2.45, 2.75) is 52.2 Å². The van der Waals surface area contributed by atoms with Crippen molar-refractivity contribution in [1.29, 1.82) is 0 Å². The number of benzene rings is 2. The third kappa shape index (κ3) is 7.37. The lowest BCUT2D eigenvalue weighted by atomic mass is 10.1. The molecule has 0 heterocycles. The number of ether oxygens (including phenoxy) is 1. The highest BCUT2D eigenvalue weighted by molar-refractivity contribution is 6.30. The molecule has 2 nitrogen and oxygen atoms in total. The van der Waals surface area contributed by atoms with Crippen LogP contribution in [0.4, 0.5) is 0 Å². The monoisotopic (exact) mass is 345 g/mol. The van der Waals surface area contributed by atoms with Gasteiger partial charge in [0.25, 0.3) is 0 Å². The Labute approximate surface area is 151 Å². The predicted octanol–water partition coefficient (Wildman–Crippen LogP) is 5.98. The number of rotatable bonds is 11. The molecule has 0 aliphatic carbocycles. The highest BCUT2D eigenvalue weighted by atomic mass is 35.5. The fraction of sp³-hybridized carbons (Fsp3) is 0.429. The van der Waals surface area contributed by atoms with Crippen molar-refractivity contribution in [3.8, 4) is 5.75 Å². The van der Waals surface area contributed by atoms with Gasteiger partial charge < -0.3 is 10.1 Å². The van der Waals surface area contributed by atoms with Gasteiger partial charge in [0, 0.05) is 11.6 Å². The van der Waals surface area contributed by atoms with Gasteiger partial charge in [-0.3, -0.25) is 0 Å². The second-order valence-corrected chi connectivity index (χ2v) is 6.59. The third-order valence-electron chi connectivity index (χ3n) is 4.00. The molecule has 0 bridgehead atoms. The average molecular weight is 346 g/mol. The van der Waals surface area contributed by atoms with Crippen LogP contribution < -0.4 is 10.1 Å². The van der Waals surface area contributed by atoms with Crippen molar-refractivity contribution in [2.24, 2.45) is 0 Å². The Morgan fingerprint density at radius 2 is 1.71 bits per heavy atom. The maximum absolute atomic E-state index is 5.98. The SMILES string of the molecule is CCCCCCCNCc1ccc(OCc2cccc(Cl)c2)cc1. The summed E-state index contributed by atoms with van der Waals surface area (Å²) in [6, 6.07) is 16.1. The van der Waals surface area contributed by atoms with Gasteiger partial charge in [0.05, 0.1) is 0 Å². The van der Waals surface area contributed by atoms with Crippen molar-refractivity contribution in [2.75, 3.05) is 6.54 Å². The minimum Gasteiger partial charge on any atom is -0.489 e. The quantitative estimate of drug-likeness (QED) is 0.506. The van der Waals surface area contributed by atoms with Crippen LogP contribution in [0, 0.1) is 0 Å². The molecule has 130 valence electrons. The van der Waals surface area contributed by atoms with E-state index in [4.69, 9.17) is 16.3 Å². The van der Waals surface area contributed by atoms with Crippen LogP contribution in [0.15, 0.2) is 48.5 Å². The summed E-state index contributed by atoms with van der Waals surface area (Å²) >= 11 is 5.98. The molecule has 2 aromatic carbocycles. The van der Waals surface area contributed by atoms with Crippen molar-refractivity contribution >= 4 is 11.6 Å². The lowest BCUT2D eigenvalue weighted by molar-refractivity contribution is 0.306. The van der Waals surface area contributed by atoms with Crippen LogP contribution >= 0.6 is 11.6 Å². The second kappa shape index (κ2) is 11.1. The first-order valence-corrected chi connectivity index (χ1v) is 9.32. The Morgan fingerprint density at radius 3 is 2.46 bits per heavy atom. The van der Waals surface area contributed by atoms with E-state index >= 15 is 0 Å². The van der Waals surface area contributed by atoms with Gasteiger partial charge in [-0.05, 0) is 48.4 Å². The van der Waals surface area contributed by atoms with E-state index in [2.05, 4.69) is 24.4 Å². The van der Waals surface area contributed by atoms with Gasteiger partial charge in [0.2, 0.25) is 0 Å². The van der Waals surface area contributed by atoms with Crippen molar-refractivity contribution in [1.82, 2.24) is 5.32 Å². The Balaban J connectivity index is 1.65. The molecule has 0 saturated heterocycles. The summed E-state index contributed by atoms with van der Waals surface area (Å²) in [5, 5.41) is 4.25. The molecule has 0 aliphatic rings. The van der Waals surface area contributed by atoms with E-state index in [0.717, 1.165) is 29.4 Å². The number of hydrogen-bond acceptors (Lipinski definition) is 2. The van der Waals surface area contributed by atoms with Gasteiger partial charge in [-0.25, -0.2) is 0 Å². The molecule has 0 aliphatic heterocycles. The van der Waals surface area contributed by atoms with E-state index in [9.17, 15) is 0 Å².